The number of aliphatic hydroxyl groups is 1. The van der Waals surface area contributed by atoms with Gasteiger partial charge in [0.15, 0.2) is 0 Å². The molecule has 0 fully saturated rings. The summed E-state index contributed by atoms with van der Waals surface area (Å²) in [7, 11) is 0. The van der Waals surface area contributed by atoms with E-state index >= 15 is 0 Å². The van der Waals surface area contributed by atoms with Gasteiger partial charge in [0.25, 0.3) is 5.69 Å². The normalized spacial score (nSPS) is 11.3. The monoisotopic (exact) mass is 252 g/mol. The number of non-ortho nitro benzene ring substituents is 1. The summed E-state index contributed by atoms with van der Waals surface area (Å²) >= 11 is 0. The van der Waals surface area contributed by atoms with Crippen LogP contribution in [0.1, 0.15) is 32.3 Å². The number of nitrogens with zero attached hydrogens (tertiary/aromatic N) is 1. The van der Waals surface area contributed by atoms with E-state index in [1.165, 1.54) is 12.1 Å². The van der Waals surface area contributed by atoms with Crippen LogP contribution in [0, 0.1) is 17.0 Å². The van der Waals surface area contributed by atoms with Crippen molar-refractivity contribution in [1.29, 1.82) is 0 Å². The molecular formula is C13H20N2O3. The molecule has 0 aromatic heterocycles. The second-order valence-corrected chi connectivity index (χ2v) is 4.53. The van der Waals surface area contributed by atoms with Gasteiger partial charge in [-0.3, -0.25) is 10.1 Å². The third-order valence-electron chi connectivity index (χ3n) is 3.49. The second kappa shape index (κ2) is 5.82. The molecule has 100 valence electrons. The molecule has 0 amide bonds. The lowest BCUT2D eigenvalue weighted by molar-refractivity contribution is -0.384. The maximum Gasteiger partial charge on any atom is 0.271 e. The molecule has 0 heterocycles. The summed E-state index contributed by atoms with van der Waals surface area (Å²) in [5, 5.41) is 23.5. The Morgan fingerprint density at radius 2 is 2.00 bits per heavy atom. The van der Waals surface area contributed by atoms with Crippen molar-refractivity contribution in [2.45, 2.75) is 39.2 Å². The number of anilines is 1. The molecule has 0 aliphatic heterocycles. The Bertz CT molecular complexity index is 420. The molecule has 5 heteroatoms. The highest BCUT2D eigenvalue weighted by Crippen LogP contribution is 2.27. The second-order valence-electron chi connectivity index (χ2n) is 4.53. The predicted octanol–water partition coefficient (Wildman–Crippen LogP) is 2.87. The Kier molecular flexibility index (Phi) is 4.67. The number of rotatable bonds is 6. The summed E-state index contributed by atoms with van der Waals surface area (Å²) < 4.78 is 0. The van der Waals surface area contributed by atoms with E-state index in [1.807, 2.05) is 20.8 Å². The van der Waals surface area contributed by atoms with Crippen molar-refractivity contribution in [3.63, 3.8) is 0 Å². The predicted molar refractivity (Wildman–Crippen MR) is 71.9 cm³/mol. The van der Waals surface area contributed by atoms with Gasteiger partial charge in [-0.1, -0.05) is 19.9 Å². The fourth-order valence-corrected chi connectivity index (χ4v) is 1.83. The molecule has 0 unspecified atom stereocenters. The standard InChI is InChI=1S/C13H20N2O3/c1-4-13(5-2,9-16)14-12-8-11(15(17)18)7-6-10(12)3/h6-8,14,16H,4-5,9H2,1-3H3. The van der Waals surface area contributed by atoms with Gasteiger partial charge in [-0.15, -0.1) is 0 Å². The first-order valence-electron chi connectivity index (χ1n) is 6.12. The van der Waals surface area contributed by atoms with Gasteiger partial charge in [-0.05, 0) is 25.3 Å². The van der Waals surface area contributed by atoms with Gasteiger partial charge in [-0.2, -0.15) is 0 Å². The number of aryl methyl sites for hydroxylation is 1. The van der Waals surface area contributed by atoms with Gasteiger partial charge in [0.2, 0.25) is 0 Å². The van der Waals surface area contributed by atoms with Crippen LogP contribution in [0.25, 0.3) is 0 Å². The average molecular weight is 252 g/mol. The van der Waals surface area contributed by atoms with Crippen LogP contribution in [0.3, 0.4) is 0 Å². The van der Waals surface area contributed by atoms with Gasteiger partial charge in [0.05, 0.1) is 17.1 Å². The summed E-state index contributed by atoms with van der Waals surface area (Å²) in [5.74, 6) is 0. The first-order chi connectivity index (χ1) is 8.48. The van der Waals surface area contributed by atoms with E-state index in [2.05, 4.69) is 5.32 Å². The van der Waals surface area contributed by atoms with Gasteiger partial charge in [0.1, 0.15) is 0 Å². The molecule has 1 rings (SSSR count). The molecule has 0 atom stereocenters. The van der Waals surface area contributed by atoms with Crippen molar-refractivity contribution >= 4 is 11.4 Å². The zero-order valence-corrected chi connectivity index (χ0v) is 11.1. The molecule has 1 aromatic carbocycles. The number of nitro groups is 1. The lowest BCUT2D eigenvalue weighted by Gasteiger charge is -2.32. The number of nitro benzene ring substituents is 1. The molecule has 5 nitrogen and oxygen atoms in total. The van der Waals surface area contributed by atoms with Crippen molar-refractivity contribution in [1.82, 2.24) is 0 Å². The molecule has 0 radical (unpaired) electrons. The number of nitrogens with one attached hydrogen (secondary N) is 1. The van der Waals surface area contributed by atoms with Crippen LogP contribution in [-0.2, 0) is 0 Å². The zero-order chi connectivity index (χ0) is 13.8. The minimum Gasteiger partial charge on any atom is -0.394 e. The Morgan fingerprint density at radius 3 is 2.44 bits per heavy atom. The van der Waals surface area contributed by atoms with Gasteiger partial charge in [0, 0.05) is 17.8 Å². The van der Waals surface area contributed by atoms with Crippen molar-refractivity contribution in [2.75, 3.05) is 11.9 Å². The van der Waals surface area contributed by atoms with Crippen LogP contribution in [0.2, 0.25) is 0 Å². The fourth-order valence-electron chi connectivity index (χ4n) is 1.83. The number of benzene rings is 1. The van der Waals surface area contributed by atoms with Crippen LogP contribution in [-0.4, -0.2) is 22.2 Å². The minimum absolute atomic E-state index is 0.00211. The molecule has 0 saturated heterocycles. The highest BCUT2D eigenvalue weighted by molar-refractivity contribution is 5.58. The fraction of sp³-hybridized carbons (Fsp3) is 0.538. The van der Waals surface area contributed by atoms with Crippen LogP contribution in [0.4, 0.5) is 11.4 Å². The minimum atomic E-state index is -0.417. The van der Waals surface area contributed by atoms with Crippen LogP contribution < -0.4 is 5.32 Å². The Labute approximate surface area is 107 Å². The molecule has 0 aliphatic carbocycles. The van der Waals surface area contributed by atoms with E-state index in [0.717, 1.165) is 18.4 Å². The SMILES string of the molecule is CCC(CC)(CO)Nc1cc([N+](=O)[O-])ccc1C. The van der Waals surface area contributed by atoms with Crippen LogP contribution in [0.5, 0.6) is 0 Å². The van der Waals surface area contributed by atoms with Crippen molar-refractivity contribution in [2.24, 2.45) is 0 Å². The van der Waals surface area contributed by atoms with Crippen LogP contribution >= 0.6 is 0 Å². The van der Waals surface area contributed by atoms with Crippen molar-refractivity contribution in [3.8, 4) is 0 Å². The summed E-state index contributed by atoms with van der Waals surface area (Å²) in [4.78, 5) is 10.4. The first kappa shape index (κ1) is 14.4. The number of hydrogen-bond acceptors (Lipinski definition) is 4. The van der Waals surface area contributed by atoms with Crippen molar-refractivity contribution < 1.29 is 10.0 Å². The van der Waals surface area contributed by atoms with Crippen molar-refractivity contribution in [3.05, 3.63) is 33.9 Å². The smallest absolute Gasteiger partial charge is 0.271 e. The van der Waals surface area contributed by atoms with Gasteiger partial charge in [-0.25, -0.2) is 0 Å². The number of aliphatic hydroxyl groups excluding tert-OH is 1. The number of hydrogen-bond donors (Lipinski definition) is 2. The average Bonchev–Trinajstić information content (AvgIpc) is 2.38. The lowest BCUT2D eigenvalue weighted by Crippen LogP contribution is -2.41. The van der Waals surface area contributed by atoms with E-state index in [9.17, 15) is 15.2 Å². The molecule has 0 bridgehead atoms. The lowest BCUT2D eigenvalue weighted by atomic mass is 9.93. The third kappa shape index (κ3) is 2.98. The molecule has 18 heavy (non-hydrogen) atoms. The van der Waals surface area contributed by atoms with E-state index < -0.39 is 10.5 Å². The zero-order valence-electron chi connectivity index (χ0n) is 11.1. The highest BCUT2D eigenvalue weighted by atomic mass is 16.6. The van der Waals surface area contributed by atoms with E-state index in [-0.39, 0.29) is 12.3 Å². The van der Waals surface area contributed by atoms with E-state index in [0.29, 0.717) is 5.69 Å². The largest absolute Gasteiger partial charge is 0.394 e. The Morgan fingerprint density at radius 1 is 1.39 bits per heavy atom. The Balaban J connectivity index is 3.09. The topological polar surface area (TPSA) is 75.4 Å². The summed E-state index contributed by atoms with van der Waals surface area (Å²) in [6.07, 6.45) is 1.50. The first-order valence-corrected chi connectivity index (χ1v) is 6.12. The molecule has 1 aromatic rings. The van der Waals surface area contributed by atoms with Crippen LogP contribution in [0.15, 0.2) is 18.2 Å². The van der Waals surface area contributed by atoms with E-state index in [1.54, 1.807) is 6.07 Å². The summed E-state index contributed by atoms with van der Waals surface area (Å²) in [6, 6.07) is 4.72. The summed E-state index contributed by atoms with van der Waals surface area (Å²) in [6.45, 7) is 5.86. The van der Waals surface area contributed by atoms with Gasteiger partial charge >= 0.3 is 0 Å². The third-order valence-corrected chi connectivity index (χ3v) is 3.49. The Hall–Kier alpha value is -1.62. The van der Waals surface area contributed by atoms with Gasteiger partial charge < -0.3 is 10.4 Å². The maximum absolute atomic E-state index is 10.8. The quantitative estimate of drug-likeness (QED) is 0.603. The highest BCUT2D eigenvalue weighted by Gasteiger charge is 2.25. The summed E-state index contributed by atoms with van der Waals surface area (Å²) in [5.41, 5.74) is 1.28. The molecule has 0 saturated carbocycles. The van der Waals surface area contributed by atoms with E-state index in [4.69, 9.17) is 0 Å². The molecule has 0 spiro atoms. The molecule has 0 aliphatic rings. The molecule has 2 N–H and O–H groups in total. The molecular weight excluding hydrogens is 232 g/mol. The maximum atomic E-state index is 10.8.